The Morgan fingerprint density at radius 2 is 1.79 bits per heavy atom. The molecule has 29 heavy (non-hydrogen) atoms. The summed E-state index contributed by atoms with van der Waals surface area (Å²) in [7, 11) is 0. The fraction of sp³-hybridized carbons (Fsp3) is 0.217. The Labute approximate surface area is 168 Å². The van der Waals surface area contributed by atoms with Gasteiger partial charge in [0.05, 0.1) is 18.7 Å². The molecule has 6 nitrogen and oxygen atoms in total. The zero-order valence-electron chi connectivity index (χ0n) is 16.0. The van der Waals surface area contributed by atoms with Crippen LogP contribution in [-0.2, 0) is 10.4 Å². The van der Waals surface area contributed by atoms with E-state index < -0.39 is 17.3 Å². The first kappa shape index (κ1) is 19.0. The van der Waals surface area contributed by atoms with Crippen LogP contribution in [0.1, 0.15) is 28.3 Å². The van der Waals surface area contributed by atoms with Gasteiger partial charge < -0.3 is 19.2 Å². The molecule has 1 aliphatic rings. The average Bonchev–Trinajstić information content (AvgIpc) is 3.25. The van der Waals surface area contributed by atoms with Crippen molar-refractivity contribution in [2.45, 2.75) is 18.9 Å². The SMILES string of the molecule is Cc1ccc(C(=O)CC2(O)C(=O)N(CCOc3ccccc3)c3ccccc32)o1. The largest absolute Gasteiger partial charge is 0.492 e. The van der Waals surface area contributed by atoms with Gasteiger partial charge in [-0.1, -0.05) is 36.4 Å². The molecule has 0 radical (unpaired) electrons. The van der Waals surface area contributed by atoms with E-state index in [9.17, 15) is 14.7 Å². The fourth-order valence-corrected chi connectivity index (χ4v) is 3.57. The van der Waals surface area contributed by atoms with Crippen molar-refractivity contribution >= 4 is 17.4 Å². The van der Waals surface area contributed by atoms with Gasteiger partial charge in [0.1, 0.15) is 18.1 Å². The molecule has 2 heterocycles. The number of Topliss-reactive ketones (excluding diaryl/α,β-unsaturated/α-hetero) is 1. The molecule has 0 saturated carbocycles. The van der Waals surface area contributed by atoms with E-state index in [4.69, 9.17) is 9.15 Å². The van der Waals surface area contributed by atoms with E-state index in [0.29, 0.717) is 22.8 Å². The summed E-state index contributed by atoms with van der Waals surface area (Å²) in [5.74, 6) is 0.467. The van der Waals surface area contributed by atoms with Gasteiger partial charge in [0, 0.05) is 5.56 Å². The number of para-hydroxylation sites is 2. The van der Waals surface area contributed by atoms with Gasteiger partial charge in [-0.2, -0.15) is 0 Å². The molecule has 1 atom stereocenters. The number of amides is 1. The molecule has 1 amide bonds. The maximum atomic E-state index is 13.1. The van der Waals surface area contributed by atoms with Gasteiger partial charge in [0.2, 0.25) is 5.78 Å². The van der Waals surface area contributed by atoms with Crippen molar-refractivity contribution in [3.63, 3.8) is 0 Å². The van der Waals surface area contributed by atoms with E-state index in [1.807, 2.05) is 30.3 Å². The molecule has 148 valence electrons. The number of nitrogens with zero attached hydrogens (tertiary/aromatic N) is 1. The molecular formula is C23H21NO5. The molecule has 3 aromatic rings. The molecule has 0 saturated heterocycles. The first-order chi connectivity index (χ1) is 14.0. The first-order valence-electron chi connectivity index (χ1n) is 9.40. The van der Waals surface area contributed by atoms with Gasteiger partial charge in [0.15, 0.2) is 11.4 Å². The quantitative estimate of drug-likeness (QED) is 0.624. The summed E-state index contributed by atoms with van der Waals surface area (Å²) in [5, 5.41) is 11.2. The van der Waals surface area contributed by atoms with Crippen LogP contribution in [0.2, 0.25) is 0 Å². The Bertz CT molecular complexity index is 1040. The third kappa shape index (κ3) is 3.54. The zero-order chi connectivity index (χ0) is 20.4. The van der Waals surface area contributed by atoms with Gasteiger partial charge in [-0.25, -0.2) is 0 Å². The van der Waals surface area contributed by atoms with Crippen molar-refractivity contribution in [2.75, 3.05) is 18.1 Å². The molecule has 1 N–H and O–H groups in total. The van der Waals surface area contributed by atoms with E-state index in [1.165, 1.54) is 4.90 Å². The summed E-state index contributed by atoms with van der Waals surface area (Å²) in [5.41, 5.74) is -0.928. The number of carbonyl (C=O) groups is 2. The lowest BCUT2D eigenvalue weighted by atomic mass is 9.89. The molecule has 1 aromatic heterocycles. The van der Waals surface area contributed by atoms with Crippen LogP contribution in [0.15, 0.2) is 71.1 Å². The Morgan fingerprint density at radius 1 is 1.07 bits per heavy atom. The number of furan rings is 1. The number of hydrogen-bond donors (Lipinski definition) is 1. The number of ketones is 1. The molecule has 0 fully saturated rings. The highest BCUT2D eigenvalue weighted by molar-refractivity contribution is 6.10. The summed E-state index contributed by atoms with van der Waals surface area (Å²) in [4.78, 5) is 27.2. The Kier molecular flexibility index (Phi) is 4.94. The maximum absolute atomic E-state index is 13.1. The number of carbonyl (C=O) groups excluding carboxylic acids is 2. The lowest BCUT2D eigenvalue weighted by Gasteiger charge is -2.22. The monoisotopic (exact) mass is 391 g/mol. The van der Waals surface area contributed by atoms with Crippen LogP contribution in [-0.4, -0.2) is 29.9 Å². The van der Waals surface area contributed by atoms with Gasteiger partial charge in [0.25, 0.3) is 5.91 Å². The van der Waals surface area contributed by atoms with Crippen LogP contribution in [0, 0.1) is 6.92 Å². The minimum atomic E-state index is -1.93. The van der Waals surface area contributed by atoms with E-state index in [2.05, 4.69) is 0 Å². The summed E-state index contributed by atoms with van der Waals surface area (Å²) in [6.07, 6.45) is -0.383. The summed E-state index contributed by atoms with van der Waals surface area (Å²) >= 11 is 0. The van der Waals surface area contributed by atoms with Crippen molar-refractivity contribution in [3.05, 3.63) is 83.8 Å². The Hall–Kier alpha value is -3.38. The van der Waals surface area contributed by atoms with Crippen LogP contribution < -0.4 is 9.64 Å². The number of benzene rings is 2. The second kappa shape index (κ2) is 7.56. The van der Waals surface area contributed by atoms with Crippen LogP contribution >= 0.6 is 0 Å². The molecule has 0 bridgehead atoms. The fourth-order valence-electron chi connectivity index (χ4n) is 3.57. The first-order valence-corrected chi connectivity index (χ1v) is 9.40. The van der Waals surface area contributed by atoms with Crippen molar-refractivity contribution in [1.82, 2.24) is 0 Å². The van der Waals surface area contributed by atoms with Crippen molar-refractivity contribution < 1.29 is 23.8 Å². The average molecular weight is 391 g/mol. The van der Waals surface area contributed by atoms with Crippen LogP contribution in [0.3, 0.4) is 0 Å². The summed E-state index contributed by atoms with van der Waals surface area (Å²) in [6.45, 7) is 2.24. The highest BCUT2D eigenvalue weighted by atomic mass is 16.5. The molecule has 2 aromatic carbocycles. The number of rotatable bonds is 7. The molecule has 1 unspecified atom stereocenters. The van der Waals surface area contributed by atoms with Gasteiger partial charge in [-0.05, 0) is 37.3 Å². The van der Waals surface area contributed by atoms with Crippen LogP contribution in [0.25, 0.3) is 0 Å². The second-order valence-electron chi connectivity index (χ2n) is 7.01. The van der Waals surface area contributed by atoms with Crippen molar-refractivity contribution in [1.29, 1.82) is 0 Å². The van der Waals surface area contributed by atoms with Gasteiger partial charge in [-0.15, -0.1) is 0 Å². The maximum Gasteiger partial charge on any atom is 0.264 e. The van der Waals surface area contributed by atoms with Gasteiger partial charge in [-0.3, -0.25) is 9.59 Å². The Balaban J connectivity index is 1.54. The molecule has 1 aliphatic heterocycles. The molecule has 6 heteroatoms. The molecule has 0 spiro atoms. The Morgan fingerprint density at radius 3 is 2.52 bits per heavy atom. The zero-order valence-corrected chi connectivity index (χ0v) is 16.0. The van der Waals surface area contributed by atoms with E-state index in [-0.39, 0.29) is 25.3 Å². The minimum Gasteiger partial charge on any atom is -0.492 e. The minimum absolute atomic E-state index is 0.132. The van der Waals surface area contributed by atoms with Crippen molar-refractivity contribution in [3.8, 4) is 5.75 Å². The normalized spacial score (nSPS) is 18.0. The number of aryl methyl sites for hydroxylation is 1. The second-order valence-corrected chi connectivity index (χ2v) is 7.01. The van der Waals surface area contributed by atoms with Crippen molar-refractivity contribution in [2.24, 2.45) is 0 Å². The number of anilines is 1. The highest BCUT2D eigenvalue weighted by Gasteiger charge is 2.51. The van der Waals surface area contributed by atoms with E-state index in [0.717, 1.165) is 0 Å². The molecule has 0 aliphatic carbocycles. The lowest BCUT2D eigenvalue weighted by molar-refractivity contribution is -0.136. The standard InChI is InChI=1S/C23H21NO5/c1-16-11-12-21(29-16)20(25)15-23(27)18-9-5-6-10-19(18)24(22(23)26)13-14-28-17-7-3-2-4-8-17/h2-12,27H,13-15H2,1H3. The third-order valence-corrected chi connectivity index (χ3v) is 5.00. The molecule has 4 rings (SSSR count). The van der Waals surface area contributed by atoms with E-state index >= 15 is 0 Å². The predicted octanol–water partition coefficient (Wildman–Crippen LogP) is 3.47. The number of fused-ring (bicyclic) bond motifs is 1. The van der Waals surface area contributed by atoms with Crippen LogP contribution in [0.5, 0.6) is 5.75 Å². The molecular weight excluding hydrogens is 370 g/mol. The highest BCUT2D eigenvalue weighted by Crippen LogP contribution is 2.42. The number of aliphatic hydroxyl groups is 1. The van der Waals surface area contributed by atoms with Crippen LogP contribution in [0.4, 0.5) is 5.69 Å². The van der Waals surface area contributed by atoms with E-state index in [1.54, 1.807) is 43.3 Å². The lowest BCUT2D eigenvalue weighted by Crippen LogP contribution is -2.43. The number of hydrogen-bond acceptors (Lipinski definition) is 5. The predicted molar refractivity (Wildman–Crippen MR) is 107 cm³/mol. The summed E-state index contributed by atoms with van der Waals surface area (Å²) in [6, 6.07) is 19.5. The van der Waals surface area contributed by atoms with Gasteiger partial charge >= 0.3 is 0 Å². The smallest absolute Gasteiger partial charge is 0.264 e. The summed E-state index contributed by atoms with van der Waals surface area (Å²) < 4.78 is 11.1. The number of ether oxygens (including phenoxy) is 1. The topological polar surface area (TPSA) is 80.0 Å². The third-order valence-electron chi connectivity index (χ3n) is 5.00.